The molecule has 176 valence electrons. The fraction of sp³-hybridized carbons (Fsp3) is 0.292. The van der Waals surface area contributed by atoms with Gasteiger partial charge in [0.05, 0.1) is 31.6 Å². The Bertz CT molecular complexity index is 1180. The van der Waals surface area contributed by atoms with Crippen LogP contribution in [-0.2, 0) is 25.7 Å². The molecule has 1 atom stereocenters. The Hall–Kier alpha value is -3.66. The molecule has 0 bridgehead atoms. The first kappa shape index (κ1) is 23.5. The molecular weight excluding hydrogens is 456 g/mol. The van der Waals surface area contributed by atoms with Crippen molar-refractivity contribution in [1.29, 1.82) is 0 Å². The van der Waals surface area contributed by atoms with Crippen molar-refractivity contribution in [2.75, 3.05) is 19.5 Å². The number of carbonyl (C=O) groups excluding carboxylic acids is 3. The van der Waals surface area contributed by atoms with E-state index in [0.717, 1.165) is 17.3 Å². The van der Waals surface area contributed by atoms with Crippen molar-refractivity contribution in [3.8, 4) is 5.75 Å². The van der Waals surface area contributed by atoms with E-state index in [2.05, 4.69) is 15.3 Å². The fourth-order valence-corrected chi connectivity index (χ4v) is 4.45. The number of esters is 1. The zero-order chi connectivity index (χ0) is 24.1. The van der Waals surface area contributed by atoms with Crippen molar-refractivity contribution >= 4 is 46.2 Å². The van der Waals surface area contributed by atoms with E-state index in [-0.39, 0.29) is 37.1 Å². The number of fused-ring (bicyclic) bond motifs is 3. The normalized spacial score (nSPS) is 16.2. The van der Waals surface area contributed by atoms with Crippen molar-refractivity contribution in [3.63, 3.8) is 0 Å². The van der Waals surface area contributed by atoms with E-state index in [1.165, 1.54) is 4.90 Å². The molecule has 1 N–H and O–H groups in total. The first-order valence-corrected chi connectivity index (χ1v) is 11.8. The van der Waals surface area contributed by atoms with Gasteiger partial charge in [-0.15, -0.1) is 0 Å². The number of hydrogen-bond donors (Lipinski definition) is 1. The average Bonchev–Trinajstić information content (AvgIpc) is 3.17. The number of thioether (sulfide) groups is 1. The number of ether oxygens (including phenoxy) is 2. The molecule has 2 aromatic carbocycles. The Labute approximate surface area is 201 Å². The maximum Gasteiger partial charge on any atom is 0.316 e. The molecule has 2 aliphatic rings. The Morgan fingerprint density at radius 1 is 1.15 bits per heavy atom. The molecule has 0 spiro atoms. The van der Waals surface area contributed by atoms with Gasteiger partial charge in [-0.3, -0.25) is 19.4 Å². The zero-order valence-corrected chi connectivity index (χ0v) is 19.6. The number of carbonyl (C=O) groups is 3. The first-order chi connectivity index (χ1) is 16.5. The lowest BCUT2D eigenvalue weighted by atomic mass is 10.1. The van der Waals surface area contributed by atoms with E-state index < -0.39 is 12.0 Å². The second-order valence-electron chi connectivity index (χ2n) is 7.44. The molecule has 0 aliphatic carbocycles. The van der Waals surface area contributed by atoms with Crippen molar-refractivity contribution < 1.29 is 23.9 Å². The third-order valence-corrected chi connectivity index (χ3v) is 6.13. The van der Waals surface area contributed by atoms with E-state index in [9.17, 15) is 14.4 Å². The highest BCUT2D eigenvalue weighted by molar-refractivity contribution is 8.14. The molecule has 34 heavy (non-hydrogen) atoms. The number of methoxy groups -OCH3 is 1. The summed E-state index contributed by atoms with van der Waals surface area (Å²) in [4.78, 5) is 48.3. The van der Waals surface area contributed by atoms with E-state index in [1.54, 1.807) is 14.0 Å². The highest BCUT2D eigenvalue weighted by Gasteiger charge is 2.42. The molecule has 2 heterocycles. The summed E-state index contributed by atoms with van der Waals surface area (Å²) in [6.45, 7) is 2.28. The van der Waals surface area contributed by atoms with Crippen LogP contribution in [-0.4, -0.2) is 59.2 Å². The van der Waals surface area contributed by atoms with Crippen LogP contribution in [0.3, 0.4) is 0 Å². The first-order valence-electron chi connectivity index (χ1n) is 10.8. The maximum atomic E-state index is 13.2. The van der Waals surface area contributed by atoms with Gasteiger partial charge >= 0.3 is 5.97 Å². The van der Waals surface area contributed by atoms with E-state index in [4.69, 9.17) is 9.47 Å². The Morgan fingerprint density at radius 2 is 1.91 bits per heavy atom. The summed E-state index contributed by atoms with van der Waals surface area (Å²) in [5.41, 5.74) is 2.18. The SMILES string of the molecule is CCOC(=O)CSC1=Nc2ccccc2C2=N[C@H](CC(=O)NCc3ccccc3OC)C(=O)N12. The van der Waals surface area contributed by atoms with Crippen molar-refractivity contribution in [2.24, 2.45) is 9.98 Å². The molecule has 2 amide bonds. The van der Waals surface area contributed by atoms with Crippen LogP contribution in [0.15, 0.2) is 58.5 Å². The van der Waals surface area contributed by atoms with Gasteiger partial charge in [0, 0.05) is 17.7 Å². The van der Waals surface area contributed by atoms with Gasteiger partial charge in [-0.1, -0.05) is 42.1 Å². The minimum Gasteiger partial charge on any atom is -0.496 e. The molecule has 2 aliphatic heterocycles. The van der Waals surface area contributed by atoms with Crippen LogP contribution in [0.5, 0.6) is 5.75 Å². The number of benzene rings is 2. The van der Waals surface area contributed by atoms with Gasteiger partial charge in [-0.2, -0.15) is 0 Å². The summed E-state index contributed by atoms with van der Waals surface area (Å²) in [5, 5.41) is 3.17. The molecule has 0 radical (unpaired) electrons. The molecule has 2 aromatic rings. The number of rotatable bonds is 8. The van der Waals surface area contributed by atoms with Crippen LogP contribution in [0, 0.1) is 0 Å². The smallest absolute Gasteiger partial charge is 0.316 e. The molecule has 0 fully saturated rings. The lowest BCUT2D eigenvalue weighted by Gasteiger charge is -2.25. The summed E-state index contributed by atoms with van der Waals surface area (Å²) >= 11 is 1.11. The van der Waals surface area contributed by atoms with Crippen LogP contribution >= 0.6 is 11.8 Å². The highest BCUT2D eigenvalue weighted by atomic mass is 32.2. The fourth-order valence-electron chi connectivity index (χ4n) is 3.65. The number of nitrogens with zero attached hydrogens (tertiary/aromatic N) is 3. The molecule has 9 nitrogen and oxygen atoms in total. The van der Waals surface area contributed by atoms with Gasteiger partial charge in [-0.05, 0) is 25.1 Å². The second kappa shape index (κ2) is 10.5. The third-order valence-electron chi connectivity index (χ3n) is 5.22. The number of amidine groups is 2. The summed E-state index contributed by atoms with van der Waals surface area (Å²) in [5.74, 6) is 0.0614. The lowest BCUT2D eigenvalue weighted by Crippen LogP contribution is -2.42. The van der Waals surface area contributed by atoms with E-state index in [1.807, 2.05) is 48.5 Å². The molecular formula is C24H24N4O5S. The van der Waals surface area contributed by atoms with Crippen LogP contribution in [0.4, 0.5) is 5.69 Å². The molecule has 0 aromatic heterocycles. The van der Waals surface area contributed by atoms with Gasteiger partial charge in [0.25, 0.3) is 5.91 Å². The van der Waals surface area contributed by atoms with Gasteiger partial charge in [0.1, 0.15) is 17.6 Å². The van der Waals surface area contributed by atoms with Crippen LogP contribution in [0.1, 0.15) is 24.5 Å². The molecule has 4 rings (SSSR count). The van der Waals surface area contributed by atoms with Gasteiger partial charge in [-0.25, -0.2) is 9.89 Å². The van der Waals surface area contributed by atoms with Gasteiger partial charge in [0.2, 0.25) is 5.91 Å². The third kappa shape index (κ3) is 4.96. The number of aliphatic imine (C=N–C) groups is 2. The van der Waals surface area contributed by atoms with Crippen molar-refractivity contribution in [3.05, 3.63) is 59.7 Å². The maximum absolute atomic E-state index is 13.2. The minimum atomic E-state index is -0.882. The van der Waals surface area contributed by atoms with E-state index >= 15 is 0 Å². The highest BCUT2D eigenvalue weighted by Crippen LogP contribution is 2.34. The van der Waals surface area contributed by atoms with Crippen molar-refractivity contribution in [1.82, 2.24) is 10.2 Å². The van der Waals surface area contributed by atoms with Crippen LogP contribution in [0.25, 0.3) is 0 Å². The molecule has 10 heteroatoms. The topological polar surface area (TPSA) is 110 Å². The largest absolute Gasteiger partial charge is 0.496 e. The van der Waals surface area contributed by atoms with Gasteiger partial charge in [0.15, 0.2) is 5.17 Å². The van der Waals surface area contributed by atoms with Crippen LogP contribution < -0.4 is 10.1 Å². The van der Waals surface area contributed by atoms with Gasteiger partial charge < -0.3 is 14.8 Å². The predicted molar refractivity (Wildman–Crippen MR) is 129 cm³/mol. The Morgan fingerprint density at radius 3 is 2.71 bits per heavy atom. The number of amides is 2. The second-order valence-corrected chi connectivity index (χ2v) is 8.38. The number of hydrogen-bond acceptors (Lipinski definition) is 8. The Kier molecular flexibility index (Phi) is 7.27. The Balaban J connectivity index is 1.49. The number of para-hydroxylation sites is 2. The predicted octanol–water partition coefficient (Wildman–Crippen LogP) is 2.66. The summed E-state index contributed by atoms with van der Waals surface area (Å²) < 4.78 is 10.3. The summed E-state index contributed by atoms with van der Waals surface area (Å²) in [6.07, 6.45) is -0.105. The average molecular weight is 481 g/mol. The quantitative estimate of drug-likeness (QED) is 0.582. The molecule has 0 saturated heterocycles. The summed E-state index contributed by atoms with van der Waals surface area (Å²) in [6, 6.07) is 13.8. The summed E-state index contributed by atoms with van der Waals surface area (Å²) in [7, 11) is 1.57. The number of nitrogens with one attached hydrogen (secondary N) is 1. The standard InChI is InChI=1S/C24H24N4O5S/c1-3-33-21(30)14-34-24-27-17-10-6-5-9-16(17)22-26-18(23(31)28(22)24)12-20(29)25-13-15-8-4-7-11-19(15)32-2/h4-11,18H,3,12-14H2,1-2H3,(H,25,29)/t18-/m1/s1. The minimum absolute atomic E-state index is 0.00988. The van der Waals surface area contributed by atoms with Crippen LogP contribution in [0.2, 0.25) is 0 Å². The molecule has 0 saturated carbocycles. The monoisotopic (exact) mass is 480 g/mol. The van der Waals surface area contributed by atoms with E-state index in [0.29, 0.717) is 28.0 Å². The zero-order valence-electron chi connectivity index (χ0n) is 18.8. The lowest BCUT2D eigenvalue weighted by molar-refractivity contribution is -0.139. The van der Waals surface area contributed by atoms with Crippen molar-refractivity contribution in [2.45, 2.75) is 25.9 Å². The molecule has 0 unspecified atom stereocenters.